The molecule has 29 heavy (non-hydrogen) atoms. The number of H-pyrrole nitrogens is 1. The molecule has 1 fully saturated rings. The first kappa shape index (κ1) is 20.1. The quantitative estimate of drug-likeness (QED) is 0.655. The Morgan fingerprint density at radius 1 is 1.14 bits per heavy atom. The number of likely N-dealkylation sites (tertiary alicyclic amines) is 1. The zero-order chi connectivity index (χ0) is 20.4. The van der Waals surface area contributed by atoms with Gasteiger partial charge < -0.3 is 10.1 Å². The van der Waals surface area contributed by atoms with Crippen LogP contribution < -0.4 is 5.56 Å². The fraction of sp³-hybridized carbons (Fsp3) is 0.375. The maximum absolute atomic E-state index is 12.0. The molecule has 0 saturated carbocycles. The van der Waals surface area contributed by atoms with Gasteiger partial charge in [-0.1, -0.05) is 37.3 Å². The summed E-state index contributed by atoms with van der Waals surface area (Å²) in [6, 6.07) is 16.4. The number of piperidine rings is 1. The van der Waals surface area contributed by atoms with Crippen molar-refractivity contribution in [3.8, 4) is 10.4 Å². The Hall–Kier alpha value is -2.21. The highest BCUT2D eigenvalue weighted by Crippen LogP contribution is 2.35. The SMILES string of the molecule is CCc1cc(-c2ccc(CN3CCC(O)(c4ccccc4)CC3)s2)c(C)[nH]c1=O. The van der Waals surface area contributed by atoms with Crippen molar-refractivity contribution in [3.63, 3.8) is 0 Å². The lowest BCUT2D eigenvalue weighted by atomic mass is 9.84. The fourth-order valence-electron chi connectivity index (χ4n) is 4.13. The van der Waals surface area contributed by atoms with Gasteiger partial charge in [0.2, 0.25) is 0 Å². The van der Waals surface area contributed by atoms with Crippen LogP contribution in [0.3, 0.4) is 0 Å². The largest absolute Gasteiger partial charge is 0.385 e. The number of aryl methyl sites for hydroxylation is 2. The minimum Gasteiger partial charge on any atom is -0.385 e. The van der Waals surface area contributed by atoms with Crippen LogP contribution in [0.2, 0.25) is 0 Å². The minimum absolute atomic E-state index is 0.0183. The first-order valence-corrected chi connectivity index (χ1v) is 11.1. The third kappa shape index (κ3) is 4.22. The van der Waals surface area contributed by atoms with Crippen molar-refractivity contribution < 1.29 is 5.11 Å². The molecular formula is C24H28N2O2S. The number of pyridine rings is 1. The Balaban J connectivity index is 1.44. The van der Waals surface area contributed by atoms with Crippen molar-refractivity contribution in [2.24, 2.45) is 0 Å². The van der Waals surface area contributed by atoms with Crippen molar-refractivity contribution >= 4 is 11.3 Å². The number of aromatic nitrogens is 1. The van der Waals surface area contributed by atoms with Crippen LogP contribution in [0.1, 0.15) is 41.5 Å². The summed E-state index contributed by atoms with van der Waals surface area (Å²) in [5.41, 5.74) is 3.21. The monoisotopic (exact) mass is 408 g/mol. The molecule has 5 heteroatoms. The third-order valence-electron chi connectivity index (χ3n) is 6.00. The number of nitrogens with one attached hydrogen (secondary N) is 1. The number of thiophene rings is 1. The van der Waals surface area contributed by atoms with E-state index in [9.17, 15) is 9.90 Å². The summed E-state index contributed by atoms with van der Waals surface area (Å²) < 4.78 is 0. The molecule has 0 radical (unpaired) electrons. The Morgan fingerprint density at radius 3 is 2.55 bits per heavy atom. The van der Waals surface area contributed by atoms with Crippen LogP contribution >= 0.6 is 11.3 Å². The van der Waals surface area contributed by atoms with Crippen molar-refractivity contribution in [1.29, 1.82) is 0 Å². The van der Waals surface area contributed by atoms with Crippen LogP contribution in [-0.4, -0.2) is 28.1 Å². The van der Waals surface area contributed by atoms with Crippen LogP contribution in [0.4, 0.5) is 0 Å². The van der Waals surface area contributed by atoms with Gasteiger partial charge in [0.05, 0.1) is 5.60 Å². The van der Waals surface area contributed by atoms with Crippen LogP contribution in [0.15, 0.2) is 53.3 Å². The van der Waals surface area contributed by atoms with E-state index in [-0.39, 0.29) is 5.56 Å². The molecule has 0 bridgehead atoms. The zero-order valence-corrected chi connectivity index (χ0v) is 17.9. The van der Waals surface area contributed by atoms with Gasteiger partial charge in [-0.2, -0.15) is 0 Å². The predicted octanol–water partition coefficient (Wildman–Crippen LogP) is 4.46. The summed E-state index contributed by atoms with van der Waals surface area (Å²) >= 11 is 1.79. The molecule has 1 saturated heterocycles. The lowest BCUT2D eigenvalue weighted by molar-refractivity contribution is -0.0275. The maximum atomic E-state index is 12.0. The van der Waals surface area contributed by atoms with Crippen LogP contribution in [0.5, 0.6) is 0 Å². The molecule has 2 N–H and O–H groups in total. The third-order valence-corrected chi connectivity index (χ3v) is 7.10. The maximum Gasteiger partial charge on any atom is 0.251 e. The van der Waals surface area contributed by atoms with E-state index in [4.69, 9.17) is 0 Å². The minimum atomic E-state index is -0.706. The van der Waals surface area contributed by atoms with E-state index in [1.165, 1.54) is 9.75 Å². The first-order valence-electron chi connectivity index (χ1n) is 10.3. The van der Waals surface area contributed by atoms with Gasteiger partial charge in [-0.05, 0) is 49.9 Å². The normalized spacial score (nSPS) is 16.8. The summed E-state index contributed by atoms with van der Waals surface area (Å²) in [5.74, 6) is 0. The van der Waals surface area contributed by atoms with E-state index in [1.807, 2.05) is 50.2 Å². The second-order valence-electron chi connectivity index (χ2n) is 7.96. The summed E-state index contributed by atoms with van der Waals surface area (Å²) in [7, 11) is 0. The number of rotatable bonds is 5. The lowest BCUT2D eigenvalue weighted by Gasteiger charge is -2.38. The predicted molar refractivity (Wildman–Crippen MR) is 119 cm³/mol. The Labute approximate surface area is 175 Å². The van der Waals surface area contributed by atoms with Crippen molar-refractivity contribution in [2.45, 2.75) is 45.3 Å². The standard InChI is InChI=1S/C24H28N2O2S/c1-3-18-15-21(17(2)25-23(18)27)22-10-9-20(29-22)16-26-13-11-24(28,12-14-26)19-7-5-4-6-8-19/h4-10,15,28H,3,11-14,16H2,1-2H3,(H,25,27). The Bertz CT molecular complexity index is 1030. The number of nitrogens with zero attached hydrogens (tertiary/aromatic N) is 1. The van der Waals surface area contributed by atoms with Crippen molar-refractivity contribution in [1.82, 2.24) is 9.88 Å². The summed E-state index contributed by atoms with van der Waals surface area (Å²) in [5, 5.41) is 11.0. The molecular weight excluding hydrogens is 380 g/mol. The average Bonchev–Trinajstić information content (AvgIpc) is 3.19. The molecule has 3 heterocycles. The Kier molecular flexibility index (Phi) is 5.72. The number of aliphatic hydroxyl groups is 1. The molecule has 1 aliphatic rings. The molecule has 1 aromatic carbocycles. The van der Waals surface area contributed by atoms with Crippen LogP contribution in [0.25, 0.3) is 10.4 Å². The van der Waals surface area contributed by atoms with Gasteiger partial charge in [0.25, 0.3) is 5.56 Å². The highest BCUT2D eigenvalue weighted by Gasteiger charge is 2.33. The molecule has 2 aromatic heterocycles. The highest BCUT2D eigenvalue weighted by molar-refractivity contribution is 7.15. The van der Waals surface area contributed by atoms with E-state index in [0.29, 0.717) is 0 Å². The molecule has 152 valence electrons. The summed E-state index contributed by atoms with van der Waals surface area (Å²) in [6.07, 6.45) is 2.25. The first-order chi connectivity index (χ1) is 14.0. The average molecular weight is 409 g/mol. The van der Waals surface area contributed by atoms with Gasteiger partial charge in [-0.25, -0.2) is 0 Å². The number of hydrogen-bond donors (Lipinski definition) is 2. The highest BCUT2D eigenvalue weighted by atomic mass is 32.1. The fourth-order valence-corrected chi connectivity index (χ4v) is 5.25. The van der Waals surface area contributed by atoms with Gasteiger partial charge >= 0.3 is 0 Å². The summed E-state index contributed by atoms with van der Waals surface area (Å²) in [4.78, 5) is 19.9. The smallest absolute Gasteiger partial charge is 0.251 e. The van der Waals surface area contributed by atoms with Gasteiger partial charge in [-0.3, -0.25) is 9.69 Å². The molecule has 1 aliphatic heterocycles. The van der Waals surface area contributed by atoms with Gasteiger partial charge in [0.1, 0.15) is 0 Å². The lowest BCUT2D eigenvalue weighted by Crippen LogP contribution is -2.42. The zero-order valence-electron chi connectivity index (χ0n) is 17.1. The van der Waals surface area contributed by atoms with E-state index < -0.39 is 5.60 Å². The van der Waals surface area contributed by atoms with E-state index >= 15 is 0 Å². The molecule has 0 atom stereocenters. The van der Waals surface area contributed by atoms with Gasteiger partial charge in [0, 0.05) is 46.2 Å². The van der Waals surface area contributed by atoms with Gasteiger partial charge in [0.15, 0.2) is 0 Å². The second kappa shape index (κ2) is 8.27. The van der Waals surface area contributed by atoms with Gasteiger partial charge in [-0.15, -0.1) is 11.3 Å². The Morgan fingerprint density at radius 2 is 1.86 bits per heavy atom. The summed E-state index contributed by atoms with van der Waals surface area (Å²) in [6.45, 7) is 6.65. The molecule has 4 nitrogen and oxygen atoms in total. The van der Waals surface area contributed by atoms with Crippen molar-refractivity contribution in [2.75, 3.05) is 13.1 Å². The number of benzene rings is 1. The van der Waals surface area contributed by atoms with Crippen LogP contribution in [0, 0.1) is 6.92 Å². The molecule has 0 spiro atoms. The van der Waals surface area contributed by atoms with E-state index in [2.05, 4.69) is 22.0 Å². The molecule has 0 amide bonds. The van der Waals surface area contributed by atoms with E-state index in [1.54, 1.807) is 11.3 Å². The number of aromatic amines is 1. The molecule has 3 aromatic rings. The molecule has 4 rings (SSSR count). The molecule has 0 unspecified atom stereocenters. The molecule has 0 aliphatic carbocycles. The van der Waals surface area contributed by atoms with E-state index in [0.717, 1.165) is 61.3 Å². The van der Waals surface area contributed by atoms with Crippen molar-refractivity contribution in [3.05, 3.63) is 80.6 Å². The topological polar surface area (TPSA) is 56.3 Å². The number of hydrogen-bond acceptors (Lipinski definition) is 4. The van der Waals surface area contributed by atoms with Crippen LogP contribution in [-0.2, 0) is 18.6 Å². The second-order valence-corrected chi connectivity index (χ2v) is 9.12.